The van der Waals surface area contributed by atoms with Crippen molar-refractivity contribution in [2.24, 2.45) is 0 Å². The molecule has 0 spiro atoms. The molecule has 0 radical (unpaired) electrons. The number of hydrogen-bond donors (Lipinski definition) is 1. The van der Waals surface area contributed by atoms with E-state index in [2.05, 4.69) is 15.2 Å². The number of carboxylic acid groups (broad SMARTS) is 1. The fraction of sp³-hybridized carbons (Fsp3) is 0.231. The molecule has 21 heavy (non-hydrogen) atoms. The maximum absolute atomic E-state index is 11.9. The van der Waals surface area contributed by atoms with Gasteiger partial charge in [0.2, 0.25) is 0 Å². The molecule has 0 saturated carbocycles. The van der Waals surface area contributed by atoms with E-state index < -0.39 is 11.7 Å². The summed E-state index contributed by atoms with van der Waals surface area (Å²) in [4.78, 5) is 27.3. The van der Waals surface area contributed by atoms with Crippen molar-refractivity contribution in [3.63, 3.8) is 0 Å². The van der Waals surface area contributed by atoms with Gasteiger partial charge in [-0.05, 0) is 23.6 Å². The minimum Gasteiger partial charge on any atom is -0.545 e. The molecular formula is C13H11N4NaO3. The molecule has 0 fully saturated rings. The van der Waals surface area contributed by atoms with Crippen LogP contribution in [0.3, 0.4) is 0 Å². The molecule has 7 nitrogen and oxygen atoms in total. The molecule has 0 saturated heterocycles. The smallest absolute Gasteiger partial charge is 0.545 e. The summed E-state index contributed by atoms with van der Waals surface area (Å²) in [6.45, 7) is 3.89. The molecule has 2 heterocycles. The maximum Gasteiger partial charge on any atom is 1.00 e. The number of aromatic carboxylic acids is 1. The fourth-order valence-electron chi connectivity index (χ4n) is 2.18. The van der Waals surface area contributed by atoms with Crippen LogP contribution >= 0.6 is 0 Å². The number of aromatic amines is 1. The molecule has 3 rings (SSSR count). The zero-order valence-electron chi connectivity index (χ0n) is 11.9. The topological polar surface area (TPSA) is 103 Å². The summed E-state index contributed by atoms with van der Waals surface area (Å²) in [5.74, 6) is -1.22. The van der Waals surface area contributed by atoms with Crippen LogP contribution in [0.15, 0.2) is 23.0 Å². The van der Waals surface area contributed by atoms with Crippen LogP contribution in [0.2, 0.25) is 0 Å². The number of H-pyrrole nitrogens is 1. The zero-order valence-corrected chi connectivity index (χ0v) is 13.9. The van der Waals surface area contributed by atoms with Gasteiger partial charge in [-0.15, -0.1) is 0 Å². The van der Waals surface area contributed by atoms with Crippen LogP contribution in [0, 0.1) is 0 Å². The number of nitrogens with one attached hydrogen (secondary N) is 1. The number of fused-ring (bicyclic) bond motifs is 3. The van der Waals surface area contributed by atoms with Gasteiger partial charge in [-0.3, -0.25) is 0 Å². The van der Waals surface area contributed by atoms with E-state index in [-0.39, 0.29) is 41.0 Å². The third-order valence-electron chi connectivity index (χ3n) is 3.14. The van der Waals surface area contributed by atoms with Gasteiger partial charge < -0.3 is 9.90 Å². The second-order valence-corrected chi connectivity index (χ2v) is 4.83. The molecule has 2 aromatic heterocycles. The first-order valence-electron chi connectivity index (χ1n) is 6.11. The van der Waals surface area contributed by atoms with Crippen molar-refractivity contribution >= 4 is 22.6 Å². The number of benzene rings is 1. The molecule has 3 aromatic rings. The third-order valence-corrected chi connectivity index (χ3v) is 3.14. The van der Waals surface area contributed by atoms with E-state index in [1.807, 2.05) is 13.8 Å². The van der Waals surface area contributed by atoms with E-state index in [0.29, 0.717) is 22.4 Å². The molecule has 1 N–H and O–H groups in total. The number of carboxylic acids is 1. The second-order valence-electron chi connectivity index (χ2n) is 4.83. The van der Waals surface area contributed by atoms with Crippen LogP contribution in [0.25, 0.3) is 16.7 Å². The zero-order chi connectivity index (χ0) is 14.4. The van der Waals surface area contributed by atoms with Crippen LogP contribution in [0.5, 0.6) is 0 Å². The largest absolute Gasteiger partial charge is 1.00 e. The predicted octanol–water partition coefficient (Wildman–Crippen LogP) is -2.94. The number of rotatable bonds is 2. The Morgan fingerprint density at radius 2 is 2.10 bits per heavy atom. The molecular weight excluding hydrogens is 283 g/mol. The van der Waals surface area contributed by atoms with Crippen molar-refractivity contribution in [1.82, 2.24) is 19.6 Å². The molecule has 8 heteroatoms. The Labute approximate surface area is 141 Å². The summed E-state index contributed by atoms with van der Waals surface area (Å²) in [6.07, 6.45) is 0. The molecule has 0 bridgehead atoms. The fourth-order valence-corrected chi connectivity index (χ4v) is 2.18. The van der Waals surface area contributed by atoms with E-state index in [0.717, 1.165) is 0 Å². The molecule has 0 atom stereocenters. The number of carbonyl (C=O) groups is 1. The van der Waals surface area contributed by atoms with Gasteiger partial charge >= 0.3 is 35.2 Å². The molecule has 0 aliphatic rings. The minimum absolute atomic E-state index is 0. The summed E-state index contributed by atoms with van der Waals surface area (Å²) < 4.78 is 1.34. The number of hydrogen-bond acceptors (Lipinski definition) is 5. The van der Waals surface area contributed by atoms with Gasteiger partial charge in [-0.25, -0.2) is 19.3 Å². The third kappa shape index (κ3) is 2.48. The first-order valence-corrected chi connectivity index (χ1v) is 6.11. The molecule has 0 unspecified atom stereocenters. The van der Waals surface area contributed by atoms with Crippen molar-refractivity contribution in [3.8, 4) is 0 Å². The van der Waals surface area contributed by atoms with Crippen molar-refractivity contribution < 1.29 is 39.5 Å². The summed E-state index contributed by atoms with van der Waals surface area (Å²) in [6, 6.07) is 4.34. The Bertz CT molecular complexity index is 897. The van der Waals surface area contributed by atoms with E-state index >= 15 is 0 Å². The minimum atomic E-state index is -1.30. The molecule has 1 aromatic carbocycles. The van der Waals surface area contributed by atoms with Gasteiger partial charge in [-0.2, -0.15) is 5.10 Å². The normalized spacial score (nSPS) is 11.0. The number of aromatic nitrogens is 4. The SMILES string of the molecule is CC(C)c1nc2ccc(C(=O)[O-])cc2n2c(=O)[nH]nc12.[Na+]. The Hall–Kier alpha value is -1.70. The van der Waals surface area contributed by atoms with Crippen molar-refractivity contribution in [2.75, 3.05) is 0 Å². The van der Waals surface area contributed by atoms with Crippen LogP contribution in [0.1, 0.15) is 35.8 Å². The second kappa shape index (κ2) is 5.59. The van der Waals surface area contributed by atoms with Crippen LogP contribution in [0.4, 0.5) is 0 Å². The van der Waals surface area contributed by atoms with Crippen LogP contribution in [-0.4, -0.2) is 25.6 Å². The first kappa shape index (κ1) is 15.7. The average Bonchev–Trinajstić information content (AvgIpc) is 2.79. The van der Waals surface area contributed by atoms with Gasteiger partial charge in [0, 0.05) is 0 Å². The Morgan fingerprint density at radius 1 is 1.38 bits per heavy atom. The van der Waals surface area contributed by atoms with Crippen LogP contribution < -0.4 is 40.4 Å². The van der Waals surface area contributed by atoms with Crippen molar-refractivity contribution in [3.05, 3.63) is 39.9 Å². The maximum atomic E-state index is 11.9. The van der Waals surface area contributed by atoms with Gasteiger partial charge in [0.05, 0.1) is 22.7 Å². The number of nitrogens with zero attached hydrogens (tertiary/aromatic N) is 3. The van der Waals surface area contributed by atoms with Gasteiger partial charge in [0.25, 0.3) is 0 Å². The number of carbonyl (C=O) groups excluding carboxylic acids is 1. The monoisotopic (exact) mass is 294 g/mol. The summed E-state index contributed by atoms with van der Waals surface area (Å²) >= 11 is 0. The Kier molecular flexibility index (Phi) is 4.18. The van der Waals surface area contributed by atoms with E-state index in [9.17, 15) is 14.7 Å². The molecule has 102 valence electrons. The van der Waals surface area contributed by atoms with Gasteiger partial charge in [0.15, 0.2) is 5.65 Å². The van der Waals surface area contributed by atoms with Crippen molar-refractivity contribution in [2.45, 2.75) is 19.8 Å². The van der Waals surface area contributed by atoms with E-state index in [1.54, 1.807) is 6.07 Å². The Balaban J connectivity index is 0.00000161. The summed E-state index contributed by atoms with van der Waals surface area (Å²) in [5.41, 5.74) is 1.58. The average molecular weight is 294 g/mol. The van der Waals surface area contributed by atoms with Crippen molar-refractivity contribution in [1.29, 1.82) is 0 Å². The molecule has 0 aliphatic heterocycles. The quantitative estimate of drug-likeness (QED) is 0.509. The van der Waals surface area contributed by atoms with E-state index in [1.165, 1.54) is 16.5 Å². The standard InChI is InChI=1S/C13H12N4O3.Na/c1-6(2)10-11-15-16-13(20)17(11)9-5-7(12(18)19)3-4-8(9)14-10;/h3-6H,1-2H3,(H,16,20)(H,18,19);/q;+1/p-1. The summed E-state index contributed by atoms with van der Waals surface area (Å²) in [7, 11) is 0. The molecule has 0 aliphatic carbocycles. The van der Waals surface area contributed by atoms with Crippen LogP contribution in [-0.2, 0) is 0 Å². The molecule has 0 amide bonds. The van der Waals surface area contributed by atoms with Gasteiger partial charge in [-0.1, -0.05) is 19.9 Å². The Morgan fingerprint density at radius 3 is 2.71 bits per heavy atom. The summed E-state index contributed by atoms with van der Waals surface area (Å²) in [5, 5.41) is 17.3. The van der Waals surface area contributed by atoms with E-state index in [4.69, 9.17) is 0 Å². The predicted molar refractivity (Wildman–Crippen MR) is 69.5 cm³/mol. The first-order chi connectivity index (χ1) is 9.49. The van der Waals surface area contributed by atoms with Gasteiger partial charge in [0.1, 0.15) is 0 Å².